The average Bonchev–Trinajstić information content (AvgIpc) is 2.53. The summed E-state index contributed by atoms with van der Waals surface area (Å²) in [6.45, 7) is 2.22. The zero-order valence-electron chi connectivity index (χ0n) is 8.11. The normalized spacial score (nSPS) is 32.5. The molecule has 0 unspecified atom stereocenters. The van der Waals surface area contributed by atoms with Gasteiger partial charge in [-0.2, -0.15) is 5.06 Å². The van der Waals surface area contributed by atoms with Gasteiger partial charge in [0, 0.05) is 6.54 Å². The van der Waals surface area contributed by atoms with Crippen LogP contribution in [0.2, 0.25) is 0 Å². The van der Waals surface area contributed by atoms with Crippen LogP contribution in [0, 0.1) is 5.92 Å². The van der Waals surface area contributed by atoms with Gasteiger partial charge in [0.15, 0.2) is 0 Å². The summed E-state index contributed by atoms with van der Waals surface area (Å²) in [4.78, 5) is 5.35. The minimum Gasteiger partial charge on any atom is -0.389 e. The van der Waals surface area contributed by atoms with Gasteiger partial charge in [0.05, 0.1) is 19.3 Å². The first-order chi connectivity index (χ1) is 6.34. The summed E-state index contributed by atoms with van der Waals surface area (Å²) in [6.07, 6.45) is 6.58. The Morgan fingerprint density at radius 2 is 2.00 bits per heavy atom. The first kappa shape index (κ1) is 9.44. The molecule has 1 aliphatic heterocycles. The van der Waals surface area contributed by atoms with Gasteiger partial charge in [0.2, 0.25) is 0 Å². The molecule has 13 heavy (non-hydrogen) atoms. The van der Waals surface area contributed by atoms with E-state index >= 15 is 0 Å². The first-order valence-electron chi connectivity index (χ1n) is 5.40. The van der Waals surface area contributed by atoms with Crippen LogP contribution in [-0.2, 0) is 4.84 Å². The number of aliphatic hydroxyl groups is 1. The van der Waals surface area contributed by atoms with Crippen LogP contribution in [0.25, 0.3) is 0 Å². The van der Waals surface area contributed by atoms with Crippen LogP contribution < -0.4 is 0 Å². The van der Waals surface area contributed by atoms with Crippen LogP contribution in [0.3, 0.4) is 0 Å². The molecule has 0 aromatic rings. The summed E-state index contributed by atoms with van der Waals surface area (Å²) < 4.78 is 0. The van der Waals surface area contributed by atoms with Gasteiger partial charge in [-0.1, -0.05) is 19.3 Å². The predicted molar refractivity (Wildman–Crippen MR) is 50.1 cm³/mol. The Morgan fingerprint density at radius 3 is 2.62 bits per heavy atom. The fourth-order valence-electron chi connectivity index (χ4n) is 2.32. The highest BCUT2D eigenvalue weighted by Gasteiger charge is 2.24. The van der Waals surface area contributed by atoms with Gasteiger partial charge in [0.25, 0.3) is 0 Å². The third-order valence-electron chi connectivity index (χ3n) is 3.05. The van der Waals surface area contributed by atoms with Crippen molar-refractivity contribution in [1.29, 1.82) is 0 Å². The van der Waals surface area contributed by atoms with Gasteiger partial charge in [0.1, 0.15) is 0 Å². The molecule has 2 rings (SSSR count). The lowest BCUT2D eigenvalue weighted by molar-refractivity contribution is -0.121. The minimum absolute atomic E-state index is 0.261. The molecule has 3 heteroatoms. The average molecular weight is 185 g/mol. The maximum Gasteiger partial charge on any atom is 0.0958 e. The summed E-state index contributed by atoms with van der Waals surface area (Å²) in [7, 11) is 0. The number of hydrogen-bond donors (Lipinski definition) is 1. The van der Waals surface area contributed by atoms with Crippen LogP contribution in [0.5, 0.6) is 0 Å². The molecule has 3 nitrogen and oxygen atoms in total. The summed E-state index contributed by atoms with van der Waals surface area (Å²) in [6, 6.07) is 0. The molecular formula is C10H19NO2. The van der Waals surface area contributed by atoms with E-state index in [0.29, 0.717) is 13.2 Å². The van der Waals surface area contributed by atoms with Crippen molar-refractivity contribution in [3.8, 4) is 0 Å². The van der Waals surface area contributed by atoms with E-state index < -0.39 is 0 Å². The Bertz CT molecular complexity index is 154. The van der Waals surface area contributed by atoms with E-state index in [9.17, 15) is 5.11 Å². The Morgan fingerprint density at radius 1 is 1.23 bits per heavy atom. The molecule has 0 aromatic heterocycles. The number of aliphatic hydroxyl groups excluding tert-OH is 1. The van der Waals surface area contributed by atoms with Gasteiger partial charge in [-0.25, -0.2) is 0 Å². The lowest BCUT2D eigenvalue weighted by Crippen LogP contribution is -2.28. The van der Waals surface area contributed by atoms with Crippen molar-refractivity contribution in [1.82, 2.24) is 5.06 Å². The van der Waals surface area contributed by atoms with E-state index in [2.05, 4.69) is 0 Å². The van der Waals surface area contributed by atoms with E-state index in [1.807, 2.05) is 5.06 Å². The van der Waals surface area contributed by atoms with E-state index in [4.69, 9.17) is 4.84 Å². The van der Waals surface area contributed by atoms with Crippen LogP contribution in [-0.4, -0.2) is 36.0 Å². The number of β-amino-alcohol motifs (C(OH)–C–C–N with tert-alkyl or cyclic N) is 1. The summed E-state index contributed by atoms with van der Waals surface area (Å²) in [5, 5.41) is 11.2. The van der Waals surface area contributed by atoms with E-state index in [-0.39, 0.29) is 6.10 Å². The highest BCUT2D eigenvalue weighted by Crippen LogP contribution is 2.25. The van der Waals surface area contributed by atoms with Crippen LogP contribution >= 0.6 is 0 Å². The van der Waals surface area contributed by atoms with Crippen molar-refractivity contribution >= 4 is 0 Å². The second-order valence-electron chi connectivity index (χ2n) is 4.30. The zero-order chi connectivity index (χ0) is 9.10. The number of hydroxylamine groups is 2. The number of nitrogens with zero attached hydrogens (tertiary/aromatic N) is 1. The van der Waals surface area contributed by atoms with Gasteiger partial charge < -0.3 is 5.11 Å². The summed E-state index contributed by atoms with van der Waals surface area (Å²) >= 11 is 0. The maximum atomic E-state index is 9.26. The second kappa shape index (κ2) is 4.40. The molecule has 1 atom stereocenters. The van der Waals surface area contributed by atoms with Gasteiger partial charge in [-0.05, 0) is 18.8 Å². The van der Waals surface area contributed by atoms with Gasteiger partial charge in [-0.15, -0.1) is 0 Å². The molecule has 2 aliphatic rings. The molecule has 1 heterocycles. The van der Waals surface area contributed by atoms with E-state index in [0.717, 1.165) is 12.5 Å². The molecule has 76 valence electrons. The largest absolute Gasteiger partial charge is 0.389 e. The molecule has 1 saturated carbocycles. The molecule has 0 amide bonds. The fraction of sp³-hybridized carbons (Fsp3) is 1.00. The van der Waals surface area contributed by atoms with Gasteiger partial charge >= 0.3 is 0 Å². The fourth-order valence-corrected chi connectivity index (χ4v) is 2.32. The SMILES string of the molecule is O[C@@H]1CON(CC2CCCCC2)C1. The monoisotopic (exact) mass is 185 g/mol. The third kappa shape index (κ3) is 2.66. The Labute approximate surface area is 79.6 Å². The highest BCUT2D eigenvalue weighted by molar-refractivity contribution is 4.71. The lowest BCUT2D eigenvalue weighted by atomic mass is 9.89. The highest BCUT2D eigenvalue weighted by atomic mass is 16.7. The smallest absolute Gasteiger partial charge is 0.0958 e. The van der Waals surface area contributed by atoms with Crippen molar-refractivity contribution in [2.75, 3.05) is 19.7 Å². The molecule has 0 radical (unpaired) electrons. The Hall–Kier alpha value is -0.120. The molecular weight excluding hydrogens is 166 g/mol. The standard InChI is InChI=1S/C10H19NO2/c12-10-7-11(13-8-10)6-9-4-2-1-3-5-9/h9-10,12H,1-8H2/t10-/m0/s1. The van der Waals surface area contributed by atoms with E-state index in [1.54, 1.807) is 0 Å². The van der Waals surface area contributed by atoms with Crippen LogP contribution in [0.1, 0.15) is 32.1 Å². The van der Waals surface area contributed by atoms with Crippen LogP contribution in [0.15, 0.2) is 0 Å². The van der Waals surface area contributed by atoms with Crippen molar-refractivity contribution in [3.05, 3.63) is 0 Å². The van der Waals surface area contributed by atoms with Crippen molar-refractivity contribution < 1.29 is 9.94 Å². The second-order valence-corrected chi connectivity index (χ2v) is 4.30. The molecule has 1 aliphatic carbocycles. The molecule has 1 N–H and O–H groups in total. The molecule has 2 fully saturated rings. The van der Waals surface area contributed by atoms with Crippen LogP contribution in [0.4, 0.5) is 0 Å². The third-order valence-corrected chi connectivity index (χ3v) is 3.05. The van der Waals surface area contributed by atoms with E-state index in [1.165, 1.54) is 32.1 Å². The lowest BCUT2D eigenvalue weighted by Gasteiger charge is -2.25. The molecule has 0 aromatic carbocycles. The summed E-state index contributed by atoms with van der Waals surface area (Å²) in [5.74, 6) is 0.805. The van der Waals surface area contributed by atoms with Gasteiger partial charge in [-0.3, -0.25) is 4.84 Å². The maximum absolute atomic E-state index is 9.26. The minimum atomic E-state index is -0.261. The van der Waals surface area contributed by atoms with Crippen molar-refractivity contribution in [2.45, 2.75) is 38.2 Å². The molecule has 1 saturated heterocycles. The topological polar surface area (TPSA) is 32.7 Å². The van der Waals surface area contributed by atoms with Crippen molar-refractivity contribution in [2.24, 2.45) is 5.92 Å². The Kier molecular flexibility index (Phi) is 3.19. The quantitative estimate of drug-likeness (QED) is 0.701. The Balaban J connectivity index is 1.71. The molecule has 0 bridgehead atoms. The zero-order valence-corrected chi connectivity index (χ0v) is 8.11. The number of rotatable bonds is 2. The number of hydrogen-bond acceptors (Lipinski definition) is 3. The summed E-state index contributed by atoms with van der Waals surface area (Å²) in [5.41, 5.74) is 0. The first-order valence-corrected chi connectivity index (χ1v) is 5.40. The predicted octanol–water partition coefficient (Wildman–Crippen LogP) is 1.17. The van der Waals surface area contributed by atoms with Crippen molar-refractivity contribution in [3.63, 3.8) is 0 Å². The molecule has 0 spiro atoms.